The van der Waals surface area contributed by atoms with Gasteiger partial charge in [-0.05, 0) is 37.1 Å². The van der Waals surface area contributed by atoms with Gasteiger partial charge in [-0.15, -0.1) is 0 Å². The summed E-state index contributed by atoms with van der Waals surface area (Å²) in [6, 6.07) is 5.92. The Morgan fingerprint density at radius 1 is 1.29 bits per heavy atom. The molecule has 8 heteroatoms. The number of amides is 1. The van der Waals surface area contributed by atoms with Crippen LogP contribution in [0.1, 0.15) is 12.8 Å². The number of piperidine rings is 1. The highest BCUT2D eigenvalue weighted by Crippen LogP contribution is 2.17. The number of halogens is 1. The van der Waals surface area contributed by atoms with E-state index >= 15 is 0 Å². The molecule has 1 saturated heterocycles. The van der Waals surface area contributed by atoms with Gasteiger partial charge in [0, 0.05) is 24.2 Å². The van der Waals surface area contributed by atoms with E-state index in [2.05, 4.69) is 4.72 Å². The zero-order chi connectivity index (χ0) is 15.5. The molecule has 1 amide bonds. The maximum atomic E-state index is 12.2. The van der Waals surface area contributed by atoms with Gasteiger partial charge in [0.1, 0.15) is 0 Å². The lowest BCUT2D eigenvalue weighted by molar-refractivity contribution is -0.119. The van der Waals surface area contributed by atoms with E-state index in [-0.39, 0.29) is 23.4 Å². The van der Waals surface area contributed by atoms with Crippen molar-refractivity contribution >= 4 is 27.5 Å². The number of primary amides is 1. The molecule has 21 heavy (non-hydrogen) atoms. The Labute approximate surface area is 129 Å². The van der Waals surface area contributed by atoms with Gasteiger partial charge in [-0.1, -0.05) is 11.6 Å². The van der Waals surface area contributed by atoms with Crippen LogP contribution in [0.15, 0.2) is 29.2 Å². The van der Waals surface area contributed by atoms with Gasteiger partial charge in [0.15, 0.2) is 0 Å². The summed E-state index contributed by atoms with van der Waals surface area (Å²) in [6.07, 6.45) is 1.31. The number of carbonyl (C=O) groups is 1. The van der Waals surface area contributed by atoms with Crippen LogP contribution in [0.4, 0.5) is 0 Å². The molecule has 1 aromatic carbocycles. The second-order valence-electron chi connectivity index (χ2n) is 5.09. The molecule has 3 N–H and O–H groups in total. The molecule has 1 heterocycles. The van der Waals surface area contributed by atoms with E-state index in [9.17, 15) is 13.2 Å². The van der Waals surface area contributed by atoms with E-state index in [0.29, 0.717) is 31.0 Å². The molecule has 0 unspecified atom stereocenters. The van der Waals surface area contributed by atoms with E-state index in [4.69, 9.17) is 17.3 Å². The largest absolute Gasteiger partial charge is 0.369 e. The molecule has 0 aromatic heterocycles. The van der Waals surface area contributed by atoms with Crippen LogP contribution in [0.3, 0.4) is 0 Å². The van der Waals surface area contributed by atoms with Crippen molar-refractivity contribution in [1.82, 2.24) is 9.62 Å². The van der Waals surface area contributed by atoms with Crippen molar-refractivity contribution in [2.45, 2.75) is 23.8 Å². The number of hydrogen-bond donors (Lipinski definition) is 2. The number of nitrogens with zero attached hydrogens (tertiary/aromatic N) is 1. The number of nitrogens with one attached hydrogen (secondary N) is 1. The maximum absolute atomic E-state index is 12.2. The average Bonchev–Trinajstić information content (AvgIpc) is 2.40. The van der Waals surface area contributed by atoms with Crippen LogP contribution in [0.25, 0.3) is 0 Å². The molecule has 1 aliphatic rings. The summed E-state index contributed by atoms with van der Waals surface area (Å²) in [6.45, 7) is 1.52. The summed E-state index contributed by atoms with van der Waals surface area (Å²) in [7, 11) is -3.54. The van der Waals surface area contributed by atoms with Crippen LogP contribution in [-0.2, 0) is 14.8 Å². The Balaban J connectivity index is 1.93. The summed E-state index contributed by atoms with van der Waals surface area (Å²) in [4.78, 5) is 13.0. The number of rotatable bonds is 5. The summed E-state index contributed by atoms with van der Waals surface area (Å²) < 4.78 is 27.1. The van der Waals surface area contributed by atoms with Crippen LogP contribution in [-0.4, -0.2) is 44.9 Å². The fraction of sp³-hybridized carbons (Fsp3) is 0.462. The molecular formula is C13H18ClN3O3S. The molecule has 0 saturated carbocycles. The topological polar surface area (TPSA) is 92.5 Å². The van der Waals surface area contributed by atoms with Crippen LogP contribution < -0.4 is 10.5 Å². The molecule has 0 radical (unpaired) electrons. The minimum absolute atomic E-state index is 0.130. The summed E-state index contributed by atoms with van der Waals surface area (Å²) in [5.74, 6) is -0.366. The molecule has 0 bridgehead atoms. The minimum Gasteiger partial charge on any atom is -0.369 e. The van der Waals surface area contributed by atoms with Gasteiger partial charge < -0.3 is 5.73 Å². The van der Waals surface area contributed by atoms with Gasteiger partial charge in [-0.3, -0.25) is 9.69 Å². The van der Waals surface area contributed by atoms with Crippen LogP contribution in [0.5, 0.6) is 0 Å². The maximum Gasteiger partial charge on any atom is 0.240 e. The molecule has 0 atom stereocenters. The Morgan fingerprint density at radius 3 is 2.38 bits per heavy atom. The highest BCUT2D eigenvalue weighted by Gasteiger charge is 2.25. The van der Waals surface area contributed by atoms with Gasteiger partial charge in [0.2, 0.25) is 15.9 Å². The third-order valence-electron chi connectivity index (χ3n) is 3.41. The van der Waals surface area contributed by atoms with Gasteiger partial charge >= 0.3 is 0 Å². The highest BCUT2D eigenvalue weighted by molar-refractivity contribution is 7.89. The third kappa shape index (κ3) is 4.67. The molecule has 0 aliphatic carbocycles. The number of carbonyl (C=O) groups excluding carboxylic acids is 1. The Hall–Kier alpha value is -1.15. The lowest BCUT2D eigenvalue weighted by Crippen LogP contribution is -2.46. The van der Waals surface area contributed by atoms with Crippen LogP contribution in [0, 0.1) is 0 Å². The monoisotopic (exact) mass is 331 g/mol. The summed E-state index contributed by atoms with van der Waals surface area (Å²) in [5, 5.41) is 0.494. The standard InChI is InChI=1S/C13H18ClN3O3S/c14-10-1-3-12(4-2-10)21(19,20)16-11-5-7-17(8-6-11)9-13(15)18/h1-4,11,16H,5-9H2,(H2,15,18). The van der Waals surface area contributed by atoms with Gasteiger partial charge in [-0.25, -0.2) is 13.1 Å². The van der Waals surface area contributed by atoms with Crippen molar-refractivity contribution in [3.8, 4) is 0 Å². The fourth-order valence-corrected chi connectivity index (χ4v) is 3.76. The Morgan fingerprint density at radius 2 is 1.86 bits per heavy atom. The van der Waals surface area contributed by atoms with Crippen molar-refractivity contribution in [3.63, 3.8) is 0 Å². The fourth-order valence-electron chi connectivity index (χ4n) is 2.33. The number of likely N-dealkylation sites (tertiary alicyclic amines) is 1. The van der Waals surface area contributed by atoms with Gasteiger partial charge in [-0.2, -0.15) is 0 Å². The van der Waals surface area contributed by atoms with Crippen molar-refractivity contribution in [2.75, 3.05) is 19.6 Å². The Kier molecular flexibility index (Phi) is 5.21. The second-order valence-corrected chi connectivity index (χ2v) is 7.24. The SMILES string of the molecule is NC(=O)CN1CCC(NS(=O)(=O)c2ccc(Cl)cc2)CC1. The third-order valence-corrected chi connectivity index (χ3v) is 5.20. The van der Waals surface area contributed by atoms with E-state index < -0.39 is 10.0 Å². The van der Waals surface area contributed by atoms with Crippen molar-refractivity contribution in [3.05, 3.63) is 29.3 Å². The zero-order valence-corrected chi connectivity index (χ0v) is 13.0. The normalized spacial score (nSPS) is 17.8. The number of benzene rings is 1. The lowest BCUT2D eigenvalue weighted by Gasteiger charge is -2.31. The van der Waals surface area contributed by atoms with E-state index in [0.717, 1.165) is 0 Å². The van der Waals surface area contributed by atoms with Crippen LogP contribution in [0.2, 0.25) is 5.02 Å². The molecule has 2 rings (SSSR count). The average molecular weight is 332 g/mol. The first-order valence-electron chi connectivity index (χ1n) is 6.65. The number of nitrogens with two attached hydrogens (primary N) is 1. The molecule has 116 valence electrons. The first kappa shape index (κ1) is 16.2. The minimum atomic E-state index is -3.54. The van der Waals surface area contributed by atoms with Crippen molar-refractivity contribution in [1.29, 1.82) is 0 Å². The van der Waals surface area contributed by atoms with Crippen molar-refractivity contribution < 1.29 is 13.2 Å². The molecule has 1 aliphatic heterocycles. The number of hydrogen-bond acceptors (Lipinski definition) is 4. The summed E-state index contributed by atoms with van der Waals surface area (Å²) >= 11 is 5.75. The van der Waals surface area contributed by atoms with E-state index in [1.807, 2.05) is 4.90 Å². The van der Waals surface area contributed by atoms with Gasteiger partial charge in [0.05, 0.1) is 11.4 Å². The molecule has 6 nitrogen and oxygen atoms in total. The number of sulfonamides is 1. The molecular weight excluding hydrogens is 314 g/mol. The highest BCUT2D eigenvalue weighted by atomic mass is 35.5. The molecule has 1 aromatic rings. The molecule has 0 spiro atoms. The first-order valence-corrected chi connectivity index (χ1v) is 8.51. The first-order chi connectivity index (χ1) is 9.87. The van der Waals surface area contributed by atoms with E-state index in [1.165, 1.54) is 12.1 Å². The van der Waals surface area contributed by atoms with E-state index in [1.54, 1.807) is 12.1 Å². The predicted molar refractivity (Wildman–Crippen MR) is 80.4 cm³/mol. The van der Waals surface area contributed by atoms with Gasteiger partial charge in [0.25, 0.3) is 0 Å². The Bertz CT molecular complexity index is 596. The second kappa shape index (κ2) is 6.74. The smallest absolute Gasteiger partial charge is 0.240 e. The predicted octanol–water partition coefficient (Wildman–Crippen LogP) is 0.568. The lowest BCUT2D eigenvalue weighted by atomic mass is 10.1. The molecule has 1 fully saturated rings. The van der Waals surface area contributed by atoms with Crippen molar-refractivity contribution in [2.24, 2.45) is 5.73 Å². The summed E-state index contributed by atoms with van der Waals surface area (Å²) in [5.41, 5.74) is 5.15. The zero-order valence-electron chi connectivity index (χ0n) is 11.5. The quantitative estimate of drug-likeness (QED) is 0.825. The van der Waals surface area contributed by atoms with Crippen LogP contribution >= 0.6 is 11.6 Å².